The first-order valence-electron chi connectivity index (χ1n) is 6.63. The zero-order chi connectivity index (χ0) is 15.7. The summed E-state index contributed by atoms with van der Waals surface area (Å²) in [5.41, 5.74) is 2.39. The van der Waals surface area contributed by atoms with E-state index in [0.29, 0.717) is 12.1 Å². The van der Waals surface area contributed by atoms with Gasteiger partial charge in [0.15, 0.2) is 0 Å². The average Bonchev–Trinajstić information content (AvgIpc) is 2.45. The standard InChI is InChI=1S/C15H14N2O4S/c16-22(19,20)21-12-7-6-11-8-13(10-4-2-1-3-5-10)15(18)17-14(11)9-12/h1-7,9,13H,8H2,(H,17,18)(H2,16,19,20)/t13-/m0/s1. The lowest BCUT2D eigenvalue weighted by molar-refractivity contribution is -0.117. The van der Waals surface area contributed by atoms with E-state index in [-0.39, 0.29) is 17.6 Å². The maximum Gasteiger partial charge on any atom is 0.380 e. The quantitative estimate of drug-likeness (QED) is 0.897. The topological polar surface area (TPSA) is 98.5 Å². The van der Waals surface area contributed by atoms with Gasteiger partial charge in [-0.3, -0.25) is 4.79 Å². The van der Waals surface area contributed by atoms with Gasteiger partial charge in [0, 0.05) is 11.8 Å². The van der Waals surface area contributed by atoms with Crippen molar-refractivity contribution in [3.8, 4) is 5.75 Å². The second kappa shape index (κ2) is 5.43. The Labute approximate surface area is 128 Å². The number of nitrogens with two attached hydrogens (primary N) is 1. The number of rotatable bonds is 3. The summed E-state index contributed by atoms with van der Waals surface area (Å²) in [6.07, 6.45) is 0.542. The molecular formula is C15H14N2O4S. The Morgan fingerprint density at radius 1 is 1.14 bits per heavy atom. The number of carbonyl (C=O) groups excluding carboxylic acids is 1. The molecule has 0 saturated heterocycles. The van der Waals surface area contributed by atoms with Crippen LogP contribution < -0.4 is 14.6 Å². The fourth-order valence-corrected chi connectivity index (χ4v) is 2.89. The van der Waals surface area contributed by atoms with Crippen LogP contribution in [-0.2, 0) is 21.5 Å². The maximum absolute atomic E-state index is 12.3. The van der Waals surface area contributed by atoms with Gasteiger partial charge in [-0.2, -0.15) is 13.6 Å². The predicted octanol–water partition coefficient (Wildman–Crippen LogP) is 1.55. The van der Waals surface area contributed by atoms with Gasteiger partial charge in [-0.05, 0) is 23.6 Å². The van der Waals surface area contributed by atoms with Gasteiger partial charge in [0.05, 0.1) is 5.92 Å². The summed E-state index contributed by atoms with van der Waals surface area (Å²) in [6, 6.07) is 14.2. The Hall–Kier alpha value is -2.38. The maximum atomic E-state index is 12.3. The molecule has 0 spiro atoms. The number of hydrogen-bond acceptors (Lipinski definition) is 4. The summed E-state index contributed by atoms with van der Waals surface area (Å²) in [6.45, 7) is 0. The molecule has 1 aliphatic heterocycles. The zero-order valence-corrected chi connectivity index (χ0v) is 12.3. The zero-order valence-electron chi connectivity index (χ0n) is 11.5. The first-order valence-corrected chi connectivity index (χ1v) is 8.10. The van der Waals surface area contributed by atoms with Crippen molar-refractivity contribution in [2.24, 2.45) is 5.14 Å². The second-order valence-corrected chi connectivity index (χ2v) is 6.20. The molecule has 114 valence electrons. The normalized spacial score (nSPS) is 17.5. The minimum atomic E-state index is -4.08. The van der Waals surface area contributed by atoms with Gasteiger partial charge in [-0.1, -0.05) is 36.4 Å². The van der Waals surface area contributed by atoms with Crippen LogP contribution in [0.4, 0.5) is 5.69 Å². The van der Waals surface area contributed by atoms with E-state index in [1.54, 1.807) is 6.07 Å². The Balaban J connectivity index is 1.90. The lowest BCUT2D eigenvalue weighted by atomic mass is 9.87. The van der Waals surface area contributed by atoms with E-state index in [4.69, 9.17) is 5.14 Å². The van der Waals surface area contributed by atoms with E-state index in [2.05, 4.69) is 9.50 Å². The van der Waals surface area contributed by atoms with Crippen molar-refractivity contribution in [2.45, 2.75) is 12.3 Å². The summed E-state index contributed by atoms with van der Waals surface area (Å²) in [5, 5.41) is 7.61. The van der Waals surface area contributed by atoms with Crippen molar-refractivity contribution in [1.29, 1.82) is 0 Å². The second-order valence-electron chi connectivity index (χ2n) is 5.05. The number of benzene rings is 2. The number of nitrogens with one attached hydrogen (secondary N) is 1. The molecule has 0 saturated carbocycles. The summed E-state index contributed by atoms with van der Waals surface area (Å²) in [7, 11) is -4.08. The molecule has 1 amide bonds. The molecule has 1 heterocycles. The molecule has 1 aliphatic rings. The van der Waals surface area contributed by atoms with Crippen molar-refractivity contribution >= 4 is 21.9 Å². The minimum absolute atomic E-state index is 0.0692. The molecule has 6 nitrogen and oxygen atoms in total. The molecule has 0 aliphatic carbocycles. The number of amides is 1. The number of hydrogen-bond donors (Lipinski definition) is 2. The molecule has 22 heavy (non-hydrogen) atoms. The largest absolute Gasteiger partial charge is 0.380 e. The molecule has 0 fully saturated rings. The number of carbonyl (C=O) groups is 1. The smallest absolute Gasteiger partial charge is 0.371 e. The lowest BCUT2D eigenvalue weighted by Crippen LogP contribution is -2.28. The molecule has 0 aromatic heterocycles. The predicted molar refractivity (Wildman–Crippen MR) is 81.7 cm³/mol. The number of anilines is 1. The fraction of sp³-hybridized carbons (Fsp3) is 0.133. The summed E-state index contributed by atoms with van der Waals surface area (Å²) in [4.78, 5) is 12.3. The Morgan fingerprint density at radius 3 is 2.55 bits per heavy atom. The Bertz CT molecular complexity index is 819. The highest BCUT2D eigenvalue weighted by molar-refractivity contribution is 7.84. The highest BCUT2D eigenvalue weighted by Crippen LogP contribution is 2.33. The van der Waals surface area contributed by atoms with Crippen molar-refractivity contribution < 1.29 is 17.4 Å². The molecule has 0 radical (unpaired) electrons. The van der Waals surface area contributed by atoms with Crippen LogP contribution in [0.5, 0.6) is 5.75 Å². The number of fused-ring (bicyclic) bond motifs is 1. The Kier molecular flexibility index (Phi) is 3.59. The molecule has 3 rings (SSSR count). The Morgan fingerprint density at radius 2 is 1.86 bits per heavy atom. The van der Waals surface area contributed by atoms with Gasteiger partial charge in [-0.25, -0.2) is 0 Å². The molecule has 0 unspecified atom stereocenters. The van der Waals surface area contributed by atoms with Gasteiger partial charge in [0.2, 0.25) is 5.91 Å². The van der Waals surface area contributed by atoms with Crippen LogP contribution in [0, 0.1) is 0 Å². The van der Waals surface area contributed by atoms with Crippen LogP contribution in [0.3, 0.4) is 0 Å². The molecule has 3 N–H and O–H groups in total. The molecule has 7 heteroatoms. The van der Waals surface area contributed by atoms with Gasteiger partial charge < -0.3 is 9.50 Å². The lowest BCUT2D eigenvalue weighted by Gasteiger charge is -2.25. The van der Waals surface area contributed by atoms with E-state index in [1.165, 1.54) is 12.1 Å². The highest BCUT2D eigenvalue weighted by Gasteiger charge is 2.27. The first kappa shape index (κ1) is 14.6. The van der Waals surface area contributed by atoms with E-state index in [1.807, 2.05) is 30.3 Å². The third kappa shape index (κ3) is 3.10. The van der Waals surface area contributed by atoms with E-state index >= 15 is 0 Å². The van der Waals surface area contributed by atoms with Crippen molar-refractivity contribution in [2.75, 3.05) is 5.32 Å². The van der Waals surface area contributed by atoms with Crippen LogP contribution in [0.15, 0.2) is 48.5 Å². The van der Waals surface area contributed by atoms with Crippen LogP contribution in [-0.4, -0.2) is 14.3 Å². The van der Waals surface area contributed by atoms with Crippen molar-refractivity contribution in [3.63, 3.8) is 0 Å². The summed E-state index contributed by atoms with van der Waals surface area (Å²) >= 11 is 0. The first-order chi connectivity index (χ1) is 10.4. The molecule has 0 bridgehead atoms. The SMILES string of the molecule is NS(=O)(=O)Oc1ccc2c(c1)NC(=O)[C@H](c1ccccc1)C2. The van der Waals surface area contributed by atoms with Crippen molar-refractivity contribution in [1.82, 2.24) is 0 Å². The van der Waals surface area contributed by atoms with Crippen LogP contribution in [0.2, 0.25) is 0 Å². The van der Waals surface area contributed by atoms with E-state index in [9.17, 15) is 13.2 Å². The van der Waals surface area contributed by atoms with Crippen molar-refractivity contribution in [3.05, 3.63) is 59.7 Å². The van der Waals surface area contributed by atoms with Gasteiger partial charge in [0.25, 0.3) is 0 Å². The van der Waals surface area contributed by atoms with E-state index in [0.717, 1.165) is 11.1 Å². The fourth-order valence-electron chi connectivity index (χ4n) is 2.52. The molecular weight excluding hydrogens is 304 g/mol. The molecule has 1 atom stereocenters. The van der Waals surface area contributed by atoms with Gasteiger partial charge >= 0.3 is 10.3 Å². The van der Waals surface area contributed by atoms with E-state index < -0.39 is 10.3 Å². The molecule has 2 aromatic rings. The van der Waals surface area contributed by atoms with Gasteiger partial charge in [-0.15, -0.1) is 0 Å². The summed E-state index contributed by atoms with van der Waals surface area (Å²) in [5.74, 6) is -0.329. The minimum Gasteiger partial charge on any atom is -0.371 e. The molecule has 2 aromatic carbocycles. The van der Waals surface area contributed by atoms with Crippen LogP contribution in [0.1, 0.15) is 17.0 Å². The van der Waals surface area contributed by atoms with Gasteiger partial charge in [0.1, 0.15) is 5.75 Å². The monoisotopic (exact) mass is 318 g/mol. The third-order valence-electron chi connectivity index (χ3n) is 3.49. The highest BCUT2D eigenvalue weighted by atomic mass is 32.2. The summed E-state index contributed by atoms with van der Waals surface area (Å²) < 4.78 is 26.5. The van der Waals surface area contributed by atoms with Crippen LogP contribution >= 0.6 is 0 Å². The average molecular weight is 318 g/mol. The third-order valence-corrected chi connectivity index (χ3v) is 3.92. The van der Waals surface area contributed by atoms with Crippen LogP contribution in [0.25, 0.3) is 0 Å².